The third-order valence-electron chi connectivity index (χ3n) is 1.39. The predicted octanol–water partition coefficient (Wildman–Crippen LogP) is 3.26. The van der Waals surface area contributed by atoms with Crippen molar-refractivity contribution in [2.24, 2.45) is 0 Å². The fourth-order valence-electron chi connectivity index (χ4n) is 0.773. The molecule has 1 aliphatic rings. The third kappa shape index (κ3) is 45.5. The molecule has 0 saturated heterocycles. The first-order chi connectivity index (χ1) is 9.33. The molecule has 0 aromatic rings. The summed E-state index contributed by atoms with van der Waals surface area (Å²) in [5, 5.41) is 0. The Balaban J connectivity index is -0.0000000618. The summed E-state index contributed by atoms with van der Waals surface area (Å²) < 4.78 is 66.5. The van der Waals surface area contributed by atoms with Crippen LogP contribution in [0.25, 0.3) is 0 Å². The summed E-state index contributed by atoms with van der Waals surface area (Å²) in [4.78, 5) is 0. The van der Waals surface area contributed by atoms with Crippen LogP contribution in [-0.2, 0) is 35.8 Å². The average molecular weight is 350 g/mol. The van der Waals surface area contributed by atoms with Gasteiger partial charge in [-0.25, -0.2) is 0 Å². The Kier molecular flexibility index (Phi) is 36.3. The Morgan fingerprint density at radius 1 is 1.00 bits per heavy atom. The smallest absolute Gasteiger partial charge is 0 e. The third-order valence-corrected chi connectivity index (χ3v) is 1.39. The largest absolute Gasteiger partial charge is 0 e. The molecule has 1 radical (unpaired) electrons. The topological polar surface area (TPSA) is 68.9 Å². The summed E-state index contributed by atoms with van der Waals surface area (Å²) in [6.07, 6.45) is 7.17. The van der Waals surface area contributed by atoms with E-state index in [2.05, 4.69) is 39.0 Å². The molecule has 0 saturated carbocycles. The van der Waals surface area contributed by atoms with Gasteiger partial charge in [-0.15, -0.1) is 0 Å². The van der Waals surface area contributed by atoms with Crippen molar-refractivity contribution < 1.29 is 53.0 Å². The zero-order valence-corrected chi connectivity index (χ0v) is 12.1. The van der Waals surface area contributed by atoms with Gasteiger partial charge in [-0.2, -0.15) is 0 Å². The molecule has 0 spiro atoms. The second kappa shape index (κ2) is 23.9. The fraction of sp³-hybridized carbons (Fsp3) is 0.273. The maximum atomic E-state index is 9.75. The van der Waals surface area contributed by atoms with E-state index < -0.39 is 7.25 Å². The molecule has 0 amide bonds. The van der Waals surface area contributed by atoms with Crippen molar-refractivity contribution in [2.75, 3.05) is 7.11 Å². The molecule has 0 heterocycles. The molecule has 21 heavy (non-hydrogen) atoms. The molecular weight excluding hydrogens is 339 g/mol. The van der Waals surface area contributed by atoms with Gasteiger partial charge in [-0.1, -0.05) is 13.0 Å². The second-order valence-electron chi connectivity index (χ2n) is 2.69. The Hall–Kier alpha value is -1.20. The number of hydrogen-bond donors (Lipinski definition) is 0. The van der Waals surface area contributed by atoms with E-state index in [1.165, 1.54) is 5.92 Å². The molecule has 0 fully saturated rings. The molecule has 0 unspecified atom stereocenters. The minimum absolute atomic E-state index is 0. The minimum Gasteiger partial charge on any atom is 0 e. The molecular formula is C11H11BF4FeO4-. The van der Waals surface area contributed by atoms with Crippen LogP contribution in [0, 0.1) is 25.9 Å². The summed E-state index contributed by atoms with van der Waals surface area (Å²) in [6.45, 7) is 15.6. The van der Waals surface area contributed by atoms with Gasteiger partial charge < -0.3 is 22.0 Å². The van der Waals surface area contributed by atoms with Crippen molar-refractivity contribution in [1.29, 1.82) is 0 Å². The van der Waals surface area contributed by atoms with E-state index in [0.717, 1.165) is 12.2 Å². The van der Waals surface area contributed by atoms with Gasteiger partial charge in [-0.3, -0.25) is 0 Å². The predicted molar refractivity (Wildman–Crippen MR) is 59.7 cm³/mol. The van der Waals surface area contributed by atoms with Crippen molar-refractivity contribution >= 4 is 7.25 Å². The Labute approximate surface area is 131 Å². The van der Waals surface area contributed by atoms with E-state index >= 15 is 0 Å². The SMILES string of the molecule is COC1=CC[C](C)C=C1.F[B-](F)(F)F.[C-]#[O+].[C-]#[O+].[C-]#[O+].[Fe]. The van der Waals surface area contributed by atoms with Gasteiger partial charge in [-0.05, 0) is 24.5 Å². The standard InChI is InChI=1S/C8H11O.3CO.BF4.Fe/c1-7-3-5-8(9-2)6-4-7;3*1-2;2-1(3,4)5;/h3,5-6H,4H2,1-2H3;;;;;/q;;;;-1;. The van der Waals surface area contributed by atoms with Crippen LogP contribution in [0.5, 0.6) is 0 Å². The first-order valence-electron chi connectivity index (χ1n) is 4.56. The van der Waals surface area contributed by atoms with Crippen molar-refractivity contribution in [3.8, 4) is 0 Å². The first kappa shape index (κ1) is 32.0. The Morgan fingerprint density at radius 3 is 1.52 bits per heavy atom. The van der Waals surface area contributed by atoms with Crippen molar-refractivity contribution in [1.82, 2.24) is 0 Å². The summed E-state index contributed by atoms with van der Waals surface area (Å²) in [5.41, 5.74) is 0. The molecule has 4 nitrogen and oxygen atoms in total. The molecule has 0 aliphatic heterocycles. The number of allylic oxidation sites excluding steroid dienone is 3. The van der Waals surface area contributed by atoms with E-state index in [9.17, 15) is 17.3 Å². The van der Waals surface area contributed by atoms with Crippen LogP contribution >= 0.6 is 0 Å². The van der Waals surface area contributed by atoms with Gasteiger partial charge in [0.15, 0.2) is 0 Å². The summed E-state index contributed by atoms with van der Waals surface area (Å²) in [5.74, 6) is 2.36. The summed E-state index contributed by atoms with van der Waals surface area (Å²) in [6, 6.07) is 0. The Morgan fingerprint density at radius 2 is 1.33 bits per heavy atom. The average Bonchev–Trinajstić information content (AvgIpc) is 2.44. The zero-order chi connectivity index (χ0) is 17.2. The molecule has 0 N–H and O–H groups in total. The summed E-state index contributed by atoms with van der Waals surface area (Å²) in [7, 11) is -4.31. The normalized spacial score (nSPS) is 11.5. The van der Waals surface area contributed by atoms with E-state index in [0.29, 0.717) is 0 Å². The molecule has 1 aliphatic carbocycles. The minimum atomic E-state index is -6.00. The van der Waals surface area contributed by atoms with Crippen molar-refractivity contribution in [3.05, 3.63) is 49.9 Å². The molecule has 0 atom stereocenters. The number of halogens is 4. The maximum absolute atomic E-state index is 9.75. The van der Waals surface area contributed by atoms with E-state index in [4.69, 9.17) is 18.7 Å². The van der Waals surface area contributed by atoms with Gasteiger partial charge in [0, 0.05) is 17.1 Å². The van der Waals surface area contributed by atoms with Crippen LogP contribution in [0.1, 0.15) is 13.3 Å². The van der Waals surface area contributed by atoms with E-state index in [1.54, 1.807) is 7.11 Å². The summed E-state index contributed by atoms with van der Waals surface area (Å²) >= 11 is 0. The van der Waals surface area contributed by atoms with Gasteiger partial charge in [0.1, 0.15) is 5.76 Å². The van der Waals surface area contributed by atoms with Crippen molar-refractivity contribution in [3.63, 3.8) is 0 Å². The van der Waals surface area contributed by atoms with Gasteiger partial charge in [0.05, 0.1) is 7.11 Å². The molecule has 0 bridgehead atoms. The molecule has 0 aromatic heterocycles. The molecule has 1 rings (SSSR count). The van der Waals surface area contributed by atoms with Crippen LogP contribution < -0.4 is 0 Å². The van der Waals surface area contributed by atoms with Gasteiger partial charge in [0.25, 0.3) is 0 Å². The quantitative estimate of drug-likeness (QED) is 0.310. The number of methoxy groups -OCH3 is 1. The van der Waals surface area contributed by atoms with Crippen molar-refractivity contribution in [2.45, 2.75) is 13.3 Å². The second-order valence-corrected chi connectivity index (χ2v) is 2.69. The van der Waals surface area contributed by atoms with Crippen LogP contribution in [0.2, 0.25) is 0 Å². The fourth-order valence-corrected chi connectivity index (χ4v) is 0.773. The maximum Gasteiger partial charge on any atom is 0 e. The monoisotopic (exact) mass is 350 g/mol. The van der Waals surface area contributed by atoms with Crippen LogP contribution in [0.3, 0.4) is 0 Å². The van der Waals surface area contributed by atoms with Gasteiger partial charge in [0.2, 0.25) is 0 Å². The molecule has 119 valence electrons. The van der Waals surface area contributed by atoms with Gasteiger partial charge >= 0.3 is 41.2 Å². The Bertz CT molecular complexity index is 317. The van der Waals surface area contributed by atoms with E-state index in [1.807, 2.05) is 6.08 Å². The first-order valence-corrected chi connectivity index (χ1v) is 4.56. The van der Waals surface area contributed by atoms with Crippen LogP contribution in [0.4, 0.5) is 17.3 Å². The molecule has 10 heteroatoms. The van der Waals surface area contributed by atoms with E-state index in [-0.39, 0.29) is 17.1 Å². The zero-order valence-electron chi connectivity index (χ0n) is 11.0. The van der Waals surface area contributed by atoms with Crippen LogP contribution in [-0.4, -0.2) is 14.4 Å². The number of ether oxygens (including phenoxy) is 1. The molecule has 0 aromatic carbocycles. The number of hydrogen-bond acceptors (Lipinski definition) is 1. The number of rotatable bonds is 1. The van der Waals surface area contributed by atoms with Crippen LogP contribution in [0.15, 0.2) is 24.0 Å².